The number of halogens is 2. The van der Waals surface area contributed by atoms with Crippen molar-refractivity contribution in [1.82, 2.24) is 9.78 Å². The number of aliphatic hydroxyl groups is 1. The van der Waals surface area contributed by atoms with Crippen LogP contribution < -0.4 is 10.1 Å². The molecule has 8 heteroatoms. The summed E-state index contributed by atoms with van der Waals surface area (Å²) in [6.07, 6.45) is -2.89. The van der Waals surface area contributed by atoms with Crippen molar-refractivity contribution >= 4 is 11.6 Å². The number of para-hydroxylation sites is 1. The summed E-state index contributed by atoms with van der Waals surface area (Å²) in [7, 11) is 1.35. The van der Waals surface area contributed by atoms with Gasteiger partial charge in [0.25, 0.3) is 12.3 Å². The van der Waals surface area contributed by atoms with E-state index in [-0.39, 0.29) is 11.4 Å². The van der Waals surface area contributed by atoms with E-state index in [1.165, 1.54) is 7.05 Å². The number of carbonyl (C=O) groups excluding carboxylic acids is 1. The van der Waals surface area contributed by atoms with Crippen LogP contribution in [-0.2, 0) is 7.05 Å². The second kappa shape index (κ2) is 5.96. The molecule has 1 atom stereocenters. The molecule has 1 aliphatic rings. The largest absolute Gasteiger partial charge is 0.491 e. The quantitative estimate of drug-likeness (QED) is 0.909. The lowest BCUT2D eigenvalue weighted by Gasteiger charge is -2.24. The number of fused-ring (bicyclic) bond motifs is 1. The predicted molar refractivity (Wildman–Crippen MR) is 77.6 cm³/mol. The molecule has 0 fully saturated rings. The zero-order valence-electron chi connectivity index (χ0n) is 12.3. The van der Waals surface area contributed by atoms with Crippen LogP contribution in [0.3, 0.4) is 0 Å². The molecule has 0 saturated heterocycles. The van der Waals surface area contributed by atoms with Gasteiger partial charge in [-0.25, -0.2) is 8.78 Å². The van der Waals surface area contributed by atoms with Crippen LogP contribution in [0.15, 0.2) is 24.3 Å². The fourth-order valence-corrected chi connectivity index (χ4v) is 2.49. The van der Waals surface area contributed by atoms with E-state index in [1.54, 1.807) is 18.2 Å². The van der Waals surface area contributed by atoms with Crippen molar-refractivity contribution in [2.45, 2.75) is 19.0 Å². The van der Waals surface area contributed by atoms with Gasteiger partial charge < -0.3 is 15.2 Å². The number of rotatable bonds is 3. The van der Waals surface area contributed by atoms with Gasteiger partial charge in [0.2, 0.25) is 0 Å². The molecular formula is C15H15F2N3O3. The lowest BCUT2D eigenvalue weighted by atomic mass is 10.0. The molecule has 2 N–H and O–H groups in total. The molecule has 1 aliphatic heterocycles. The van der Waals surface area contributed by atoms with Crippen molar-refractivity contribution < 1.29 is 23.4 Å². The molecule has 0 saturated carbocycles. The van der Waals surface area contributed by atoms with E-state index in [0.29, 0.717) is 30.0 Å². The van der Waals surface area contributed by atoms with E-state index in [2.05, 4.69) is 10.4 Å². The molecule has 0 aliphatic carbocycles. The SMILES string of the molecule is Cn1nc(C(=O)Nc2cccc3c2OCCC3O)cc1C(F)F. The summed E-state index contributed by atoms with van der Waals surface area (Å²) in [6.45, 7) is 0.334. The molecule has 23 heavy (non-hydrogen) atoms. The zero-order chi connectivity index (χ0) is 16.6. The molecule has 0 radical (unpaired) electrons. The van der Waals surface area contributed by atoms with Crippen molar-refractivity contribution in [3.8, 4) is 5.75 Å². The third kappa shape index (κ3) is 2.89. The molecule has 1 amide bonds. The van der Waals surface area contributed by atoms with Crippen LogP contribution in [-0.4, -0.2) is 27.4 Å². The van der Waals surface area contributed by atoms with Gasteiger partial charge in [0, 0.05) is 19.0 Å². The minimum Gasteiger partial charge on any atom is -0.491 e. The molecule has 122 valence electrons. The number of aryl methyl sites for hydroxylation is 1. The lowest BCUT2D eigenvalue weighted by Crippen LogP contribution is -2.18. The number of benzene rings is 1. The molecule has 0 bridgehead atoms. The average Bonchev–Trinajstić information content (AvgIpc) is 2.91. The number of aromatic nitrogens is 2. The van der Waals surface area contributed by atoms with Gasteiger partial charge in [-0.2, -0.15) is 5.10 Å². The van der Waals surface area contributed by atoms with Gasteiger partial charge >= 0.3 is 0 Å². The van der Waals surface area contributed by atoms with E-state index >= 15 is 0 Å². The minimum absolute atomic E-state index is 0.114. The Kier molecular flexibility index (Phi) is 3.99. The molecule has 3 rings (SSSR count). The first-order valence-corrected chi connectivity index (χ1v) is 7.04. The van der Waals surface area contributed by atoms with Gasteiger partial charge in [-0.05, 0) is 12.1 Å². The highest BCUT2D eigenvalue weighted by Crippen LogP contribution is 2.38. The summed E-state index contributed by atoms with van der Waals surface area (Å²) in [5.41, 5.74) is 0.507. The van der Waals surface area contributed by atoms with Crippen LogP contribution in [0.25, 0.3) is 0 Å². The summed E-state index contributed by atoms with van der Waals surface area (Å²) in [6, 6.07) is 6.05. The second-order valence-electron chi connectivity index (χ2n) is 5.21. The van der Waals surface area contributed by atoms with Gasteiger partial charge in [0.1, 0.15) is 11.4 Å². The van der Waals surface area contributed by atoms with Crippen LogP contribution in [0.2, 0.25) is 0 Å². The fourth-order valence-electron chi connectivity index (χ4n) is 2.49. The highest BCUT2D eigenvalue weighted by atomic mass is 19.3. The maximum absolute atomic E-state index is 12.8. The number of nitrogens with one attached hydrogen (secondary N) is 1. The molecular weight excluding hydrogens is 308 g/mol. The van der Waals surface area contributed by atoms with E-state index < -0.39 is 18.4 Å². The Hall–Kier alpha value is -2.48. The van der Waals surface area contributed by atoms with Crippen molar-refractivity contribution in [1.29, 1.82) is 0 Å². The minimum atomic E-state index is -2.71. The third-order valence-corrected chi connectivity index (χ3v) is 3.66. The summed E-state index contributed by atoms with van der Waals surface area (Å²) < 4.78 is 32.0. The first-order chi connectivity index (χ1) is 11.0. The Morgan fingerprint density at radius 1 is 1.52 bits per heavy atom. The molecule has 2 heterocycles. The van der Waals surface area contributed by atoms with Crippen molar-refractivity contribution in [2.24, 2.45) is 7.05 Å². The molecule has 6 nitrogen and oxygen atoms in total. The predicted octanol–water partition coefficient (Wildman–Crippen LogP) is 2.43. The number of hydrogen-bond acceptors (Lipinski definition) is 4. The van der Waals surface area contributed by atoms with Crippen molar-refractivity contribution in [2.75, 3.05) is 11.9 Å². The van der Waals surface area contributed by atoms with Gasteiger partial charge in [-0.15, -0.1) is 0 Å². The van der Waals surface area contributed by atoms with Crippen LogP contribution in [0.1, 0.15) is 40.7 Å². The van der Waals surface area contributed by atoms with Crippen LogP contribution in [0.5, 0.6) is 5.75 Å². The lowest BCUT2D eigenvalue weighted by molar-refractivity contribution is 0.101. The van der Waals surface area contributed by atoms with Crippen LogP contribution in [0, 0.1) is 0 Å². The number of aliphatic hydroxyl groups excluding tert-OH is 1. The first-order valence-electron chi connectivity index (χ1n) is 7.04. The van der Waals surface area contributed by atoms with Crippen LogP contribution >= 0.6 is 0 Å². The number of ether oxygens (including phenoxy) is 1. The fraction of sp³-hybridized carbons (Fsp3) is 0.333. The number of anilines is 1. The molecule has 1 aromatic carbocycles. The van der Waals surface area contributed by atoms with E-state index in [0.717, 1.165) is 10.7 Å². The van der Waals surface area contributed by atoms with E-state index in [1.807, 2.05) is 0 Å². The Morgan fingerprint density at radius 3 is 3.00 bits per heavy atom. The maximum Gasteiger partial charge on any atom is 0.280 e. The number of hydrogen-bond donors (Lipinski definition) is 2. The Bertz CT molecular complexity index is 746. The standard InChI is InChI=1S/C15H15F2N3O3/c1-20-11(14(16)17)7-10(19-20)15(22)18-9-4-2-3-8-12(21)5-6-23-13(8)9/h2-4,7,12,14,21H,5-6H2,1H3,(H,18,22). The topological polar surface area (TPSA) is 76.4 Å². The zero-order valence-corrected chi connectivity index (χ0v) is 12.3. The number of amides is 1. The summed E-state index contributed by atoms with van der Waals surface area (Å²) in [5.74, 6) is -0.228. The van der Waals surface area contributed by atoms with Gasteiger partial charge in [0.05, 0.1) is 18.4 Å². The highest BCUT2D eigenvalue weighted by molar-refractivity contribution is 6.03. The number of nitrogens with zero attached hydrogens (tertiary/aromatic N) is 2. The average molecular weight is 323 g/mol. The summed E-state index contributed by atoms with van der Waals surface area (Å²) >= 11 is 0. The summed E-state index contributed by atoms with van der Waals surface area (Å²) in [4.78, 5) is 12.2. The van der Waals surface area contributed by atoms with Crippen molar-refractivity contribution in [3.05, 3.63) is 41.2 Å². The second-order valence-corrected chi connectivity index (χ2v) is 5.21. The summed E-state index contributed by atoms with van der Waals surface area (Å²) in [5, 5.41) is 16.3. The van der Waals surface area contributed by atoms with E-state index in [9.17, 15) is 18.7 Å². The molecule has 1 unspecified atom stereocenters. The third-order valence-electron chi connectivity index (χ3n) is 3.66. The molecule has 1 aromatic heterocycles. The highest BCUT2D eigenvalue weighted by Gasteiger charge is 2.24. The first kappa shape index (κ1) is 15.4. The van der Waals surface area contributed by atoms with Gasteiger partial charge in [-0.1, -0.05) is 12.1 Å². The monoisotopic (exact) mass is 323 g/mol. The molecule has 0 spiro atoms. The number of alkyl halides is 2. The maximum atomic E-state index is 12.8. The molecule has 2 aromatic rings. The van der Waals surface area contributed by atoms with Crippen LogP contribution in [0.4, 0.5) is 14.5 Å². The van der Waals surface area contributed by atoms with Gasteiger partial charge in [0.15, 0.2) is 5.69 Å². The van der Waals surface area contributed by atoms with E-state index in [4.69, 9.17) is 4.74 Å². The number of carbonyl (C=O) groups is 1. The Balaban J connectivity index is 1.86. The Morgan fingerprint density at radius 2 is 2.30 bits per heavy atom. The Labute approximate surface area is 130 Å². The normalized spacial score (nSPS) is 16.8. The smallest absolute Gasteiger partial charge is 0.280 e. The van der Waals surface area contributed by atoms with Crippen molar-refractivity contribution in [3.63, 3.8) is 0 Å². The van der Waals surface area contributed by atoms with Gasteiger partial charge in [-0.3, -0.25) is 9.48 Å².